The van der Waals surface area contributed by atoms with Gasteiger partial charge in [0.15, 0.2) is 0 Å². The second kappa shape index (κ2) is 8.92. The van der Waals surface area contributed by atoms with Crippen molar-refractivity contribution in [3.63, 3.8) is 0 Å². The van der Waals surface area contributed by atoms with Crippen LogP contribution >= 0.6 is 0 Å². The fraction of sp³-hybridized carbons (Fsp3) is 0.320. The van der Waals surface area contributed by atoms with Crippen molar-refractivity contribution in [2.75, 3.05) is 18.0 Å². The van der Waals surface area contributed by atoms with Gasteiger partial charge in [0, 0.05) is 47.6 Å². The first-order valence-corrected chi connectivity index (χ1v) is 10.2. The Balaban J connectivity index is 1.88. The first kappa shape index (κ1) is 19.9. The molecule has 3 rings (SSSR count). The minimum atomic E-state index is 0.981. The van der Waals surface area contributed by atoms with Gasteiger partial charge in [-0.25, -0.2) is 0 Å². The van der Waals surface area contributed by atoms with Gasteiger partial charge in [-0.3, -0.25) is 4.99 Å². The second-order valence-corrected chi connectivity index (χ2v) is 7.09. The van der Waals surface area contributed by atoms with Crippen LogP contribution in [0.1, 0.15) is 43.3 Å². The van der Waals surface area contributed by atoms with Crippen LogP contribution in [0, 0.1) is 13.8 Å². The fourth-order valence-electron chi connectivity index (χ4n) is 3.80. The molecule has 0 aliphatic carbocycles. The Kier molecular flexibility index (Phi) is 6.35. The number of para-hydroxylation sites is 1. The molecule has 1 heterocycles. The molecule has 0 unspecified atom stereocenters. The average Bonchev–Trinajstić information content (AvgIpc) is 3.01. The van der Waals surface area contributed by atoms with Crippen molar-refractivity contribution in [3.8, 4) is 5.69 Å². The lowest BCUT2D eigenvalue weighted by atomic mass is 10.1. The van der Waals surface area contributed by atoms with Crippen molar-refractivity contribution < 1.29 is 0 Å². The first-order chi connectivity index (χ1) is 13.6. The Labute approximate surface area is 169 Å². The van der Waals surface area contributed by atoms with Crippen molar-refractivity contribution in [2.45, 2.75) is 41.0 Å². The highest BCUT2D eigenvalue weighted by Crippen LogP contribution is 2.24. The van der Waals surface area contributed by atoms with E-state index in [-0.39, 0.29) is 0 Å². The van der Waals surface area contributed by atoms with E-state index in [1.165, 1.54) is 28.3 Å². The number of nitrogens with zero attached hydrogens (tertiary/aromatic N) is 3. The molecule has 0 aliphatic heterocycles. The SMILES string of the molecule is CCc1ccccc1-n1c(C)cc(C=Nc2ccc(N(CC)CC)cc2)c1C. The Bertz CT molecular complexity index is 944. The molecule has 0 bridgehead atoms. The summed E-state index contributed by atoms with van der Waals surface area (Å²) in [5.74, 6) is 0. The lowest BCUT2D eigenvalue weighted by Crippen LogP contribution is -2.21. The van der Waals surface area contributed by atoms with Crippen molar-refractivity contribution in [3.05, 3.63) is 77.1 Å². The Morgan fingerprint density at radius 2 is 1.61 bits per heavy atom. The average molecular weight is 374 g/mol. The van der Waals surface area contributed by atoms with Gasteiger partial charge >= 0.3 is 0 Å². The molecule has 146 valence electrons. The predicted molar refractivity (Wildman–Crippen MR) is 122 cm³/mol. The molecule has 0 radical (unpaired) electrons. The number of anilines is 1. The van der Waals surface area contributed by atoms with Crippen molar-refractivity contribution in [1.82, 2.24) is 4.57 Å². The highest BCUT2D eigenvalue weighted by molar-refractivity contribution is 5.84. The van der Waals surface area contributed by atoms with E-state index in [4.69, 9.17) is 4.99 Å². The molecule has 0 N–H and O–H groups in total. The zero-order chi connectivity index (χ0) is 20.1. The number of hydrogen-bond acceptors (Lipinski definition) is 2. The maximum atomic E-state index is 4.72. The molecule has 3 heteroatoms. The summed E-state index contributed by atoms with van der Waals surface area (Å²) in [5, 5.41) is 0. The normalized spacial score (nSPS) is 11.3. The lowest BCUT2D eigenvalue weighted by molar-refractivity contribution is 0.866. The topological polar surface area (TPSA) is 20.5 Å². The number of aliphatic imine (C=N–C) groups is 1. The number of rotatable bonds is 7. The highest BCUT2D eigenvalue weighted by atomic mass is 15.1. The van der Waals surface area contributed by atoms with Crippen LogP contribution in [0.5, 0.6) is 0 Å². The van der Waals surface area contributed by atoms with Gasteiger partial charge in [0.05, 0.1) is 5.69 Å². The van der Waals surface area contributed by atoms with Crippen LogP contribution in [-0.2, 0) is 6.42 Å². The molecule has 1 aromatic heterocycles. The Morgan fingerprint density at radius 1 is 0.929 bits per heavy atom. The maximum Gasteiger partial charge on any atom is 0.0631 e. The lowest BCUT2D eigenvalue weighted by Gasteiger charge is -2.20. The smallest absolute Gasteiger partial charge is 0.0631 e. The van der Waals surface area contributed by atoms with Crippen LogP contribution in [0.15, 0.2) is 59.6 Å². The van der Waals surface area contributed by atoms with Gasteiger partial charge in [0.25, 0.3) is 0 Å². The fourth-order valence-corrected chi connectivity index (χ4v) is 3.80. The van der Waals surface area contributed by atoms with E-state index in [1.807, 2.05) is 6.21 Å². The molecule has 0 aliphatic rings. The third kappa shape index (κ3) is 4.04. The molecule has 28 heavy (non-hydrogen) atoms. The minimum Gasteiger partial charge on any atom is -0.372 e. The Morgan fingerprint density at radius 3 is 2.25 bits per heavy atom. The van der Waals surface area contributed by atoms with E-state index in [1.54, 1.807) is 0 Å². The molecule has 3 aromatic rings. The van der Waals surface area contributed by atoms with E-state index < -0.39 is 0 Å². The number of aromatic nitrogens is 1. The summed E-state index contributed by atoms with van der Waals surface area (Å²) in [4.78, 5) is 7.06. The van der Waals surface area contributed by atoms with Crippen LogP contribution in [0.3, 0.4) is 0 Å². The van der Waals surface area contributed by atoms with Crippen LogP contribution < -0.4 is 4.90 Å². The molecular formula is C25H31N3. The van der Waals surface area contributed by atoms with E-state index in [0.717, 1.165) is 30.8 Å². The largest absolute Gasteiger partial charge is 0.372 e. The number of hydrogen-bond donors (Lipinski definition) is 0. The summed E-state index contributed by atoms with van der Waals surface area (Å²) in [6.45, 7) is 12.9. The Hall–Kier alpha value is -2.81. The van der Waals surface area contributed by atoms with Gasteiger partial charge in [0.1, 0.15) is 0 Å². The zero-order valence-corrected chi connectivity index (χ0v) is 17.7. The van der Waals surface area contributed by atoms with Crippen molar-refractivity contribution in [2.24, 2.45) is 4.99 Å². The van der Waals surface area contributed by atoms with Crippen molar-refractivity contribution in [1.29, 1.82) is 0 Å². The summed E-state index contributed by atoms with van der Waals surface area (Å²) < 4.78 is 2.34. The predicted octanol–water partition coefficient (Wildman–Crippen LogP) is 6.25. The summed E-state index contributed by atoms with van der Waals surface area (Å²) in [6, 6.07) is 19.3. The van der Waals surface area contributed by atoms with Crippen LogP contribution in [-0.4, -0.2) is 23.9 Å². The van der Waals surface area contributed by atoms with Gasteiger partial charge in [-0.2, -0.15) is 0 Å². The molecule has 2 aromatic carbocycles. The van der Waals surface area contributed by atoms with Crippen LogP contribution in [0.25, 0.3) is 5.69 Å². The van der Waals surface area contributed by atoms with Gasteiger partial charge < -0.3 is 9.47 Å². The zero-order valence-electron chi connectivity index (χ0n) is 17.7. The first-order valence-electron chi connectivity index (χ1n) is 10.2. The quantitative estimate of drug-likeness (QED) is 0.448. The standard InChI is InChI=1S/C25H31N3/c1-6-21-11-9-10-12-25(21)28-19(4)17-22(20(28)5)18-26-23-13-15-24(16-14-23)27(7-2)8-3/h9-18H,6-8H2,1-5H3. The monoisotopic (exact) mass is 373 g/mol. The van der Waals surface area contributed by atoms with Gasteiger partial charge in [-0.05, 0) is 76.1 Å². The summed E-state index contributed by atoms with van der Waals surface area (Å²) in [5.41, 5.74) is 8.48. The van der Waals surface area contributed by atoms with E-state index >= 15 is 0 Å². The molecule has 0 saturated carbocycles. The van der Waals surface area contributed by atoms with E-state index in [2.05, 4.69) is 98.7 Å². The minimum absolute atomic E-state index is 0.981. The van der Waals surface area contributed by atoms with Gasteiger partial charge in [-0.1, -0.05) is 25.1 Å². The second-order valence-electron chi connectivity index (χ2n) is 7.09. The highest BCUT2D eigenvalue weighted by Gasteiger charge is 2.11. The van der Waals surface area contributed by atoms with Gasteiger partial charge in [0.2, 0.25) is 0 Å². The van der Waals surface area contributed by atoms with Crippen LogP contribution in [0.2, 0.25) is 0 Å². The maximum absolute atomic E-state index is 4.72. The third-order valence-corrected chi connectivity index (χ3v) is 5.41. The molecule has 0 amide bonds. The molecule has 0 atom stereocenters. The summed E-state index contributed by atoms with van der Waals surface area (Å²) >= 11 is 0. The van der Waals surface area contributed by atoms with Crippen LogP contribution in [0.4, 0.5) is 11.4 Å². The molecular weight excluding hydrogens is 342 g/mol. The van der Waals surface area contributed by atoms with E-state index in [0.29, 0.717) is 0 Å². The number of benzene rings is 2. The molecule has 0 saturated heterocycles. The molecule has 0 spiro atoms. The summed E-state index contributed by atoms with van der Waals surface area (Å²) in [7, 11) is 0. The van der Waals surface area contributed by atoms with Crippen molar-refractivity contribution >= 4 is 17.6 Å². The molecule has 3 nitrogen and oxygen atoms in total. The number of aryl methyl sites for hydroxylation is 2. The van der Waals surface area contributed by atoms with E-state index in [9.17, 15) is 0 Å². The summed E-state index contributed by atoms with van der Waals surface area (Å²) in [6.07, 6.45) is 3.01. The third-order valence-electron chi connectivity index (χ3n) is 5.41. The molecule has 0 fully saturated rings. The van der Waals surface area contributed by atoms with Gasteiger partial charge in [-0.15, -0.1) is 0 Å².